The van der Waals surface area contributed by atoms with Gasteiger partial charge in [-0.05, 0) is 35.4 Å². The molecule has 0 saturated carbocycles. The lowest BCUT2D eigenvalue weighted by Crippen LogP contribution is -2.13. The van der Waals surface area contributed by atoms with E-state index in [1.807, 2.05) is 30.3 Å². The highest BCUT2D eigenvalue weighted by molar-refractivity contribution is 5.48. The fourth-order valence-corrected chi connectivity index (χ4v) is 2.66. The Kier molecular flexibility index (Phi) is 3.71. The quantitative estimate of drug-likeness (QED) is 0.938. The summed E-state index contributed by atoms with van der Waals surface area (Å²) in [6, 6.07) is 11.5. The number of rotatable bonds is 4. The summed E-state index contributed by atoms with van der Waals surface area (Å²) in [4.78, 5) is 0. The van der Waals surface area contributed by atoms with E-state index < -0.39 is 0 Å². The zero-order valence-electron chi connectivity index (χ0n) is 12.3. The topological polar surface area (TPSA) is 53.7 Å². The van der Waals surface area contributed by atoms with Gasteiger partial charge in [0.1, 0.15) is 17.2 Å². The number of hydrogen-bond donors (Lipinski definition) is 1. The zero-order chi connectivity index (χ0) is 14.8. The molecule has 0 bridgehead atoms. The Morgan fingerprint density at radius 3 is 2.71 bits per heavy atom. The Morgan fingerprint density at radius 2 is 1.95 bits per heavy atom. The number of ether oxygens (including phenoxy) is 3. The predicted octanol–water partition coefficient (Wildman–Crippen LogP) is 2.69. The van der Waals surface area contributed by atoms with Crippen molar-refractivity contribution in [1.82, 2.24) is 0 Å². The summed E-state index contributed by atoms with van der Waals surface area (Å²) in [7, 11) is 3.29. The summed E-state index contributed by atoms with van der Waals surface area (Å²) in [5.74, 6) is 2.49. The third-order valence-corrected chi connectivity index (χ3v) is 3.84. The van der Waals surface area contributed by atoms with E-state index in [0.29, 0.717) is 0 Å². The molecule has 4 heteroatoms. The average Bonchev–Trinajstić information content (AvgIpc) is 3.01. The maximum absolute atomic E-state index is 6.43. The molecule has 21 heavy (non-hydrogen) atoms. The summed E-state index contributed by atoms with van der Waals surface area (Å²) in [5, 5.41) is 0. The molecule has 0 aromatic heterocycles. The molecule has 1 atom stereocenters. The largest absolute Gasteiger partial charge is 0.497 e. The molecular weight excluding hydrogens is 266 g/mol. The molecule has 0 fully saturated rings. The van der Waals surface area contributed by atoms with Crippen molar-refractivity contribution in [3.8, 4) is 17.2 Å². The van der Waals surface area contributed by atoms with Gasteiger partial charge in [0.25, 0.3) is 0 Å². The van der Waals surface area contributed by atoms with Crippen LogP contribution in [0.25, 0.3) is 0 Å². The maximum Gasteiger partial charge on any atom is 0.124 e. The van der Waals surface area contributed by atoms with Gasteiger partial charge in [0.15, 0.2) is 0 Å². The van der Waals surface area contributed by atoms with Gasteiger partial charge in [0.2, 0.25) is 0 Å². The van der Waals surface area contributed by atoms with E-state index in [1.54, 1.807) is 14.2 Å². The first-order chi connectivity index (χ1) is 10.2. The Balaban J connectivity index is 1.99. The van der Waals surface area contributed by atoms with Crippen LogP contribution in [0.15, 0.2) is 36.4 Å². The molecule has 1 heterocycles. The van der Waals surface area contributed by atoms with Gasteiger partial charge in [-0.15, -0.1) is 0 Å². The fraction of sp³-hybridized carbons (Fsp3) is 0.294. The van der Waals surface area contributed by atoms with Gasteiger partial charge in [0, 0.05) is 12.0 Å². The Bertz CT molecular complexity index is 654. The smallest absolute Gasteiger partial charge is 0.124 e. The van der Waals surface area contributed by atoms with E-state index >= 15 is 0 Å². The Labute approximate surface area is 124 Å². The second-order valence-corrected chi connectivity index (χ2v) is 5.05. The van der Waals surface area contributed by atoms with Crippen molar-refractivity contribution in [3.05, 3.63) is 53.1 Å². The van der Waals surface area contributed by atoms with E-state index in [0.717, 1.165) is 41.4 Å². The van der Waals surface area contributed by atoms with Crippen LogP contribution in [0.2, 0.25) is 0 Å². The SMILES string of the molecule is COc1ccc(OC)c(C(N)c2ccc3c(c2)CCO3)c1. The van der Waals surface area contributed by atoms with Gasteiger partial charge < -0.3 is 19.9 Å². The van der Waals surface area contributed by atoms with Crippen molar-refractivity contribution >= 4 is 0 Å². The van der Waals surface area contributed by atoms with E-state index in [9.17, 15) is 0 Å². The molecule has 4 nitrogen and oxygen atoms in total. The molecule has 0 radical (unpaired) electrons. The first-order valence-corrected chi connectivity index (χ1v) is 6.96. The normalized spacial score (nSPS) is 14.2. The highest BCUT2D eigenvalue weighted by Gasteiger charge is 2.18. The van der Waals surface area contributed by atoms with Gasteiger partial charge >= 0.3 is 0 Å². The lowest BCUT2D eigenvalue weighted by Gasteiger charge is -2.18. The minimum atomic E-state index is -0.263. The molecule has 0 spiro atoms. The molecule has 0 saturated heterocycles. The van der Waals surface area contributed by atoms with Crippen LogP contribution in [0, 0.1) is 0 Å². The van der Waals surface area contributed by atoms with Crippen LogP contribution in [-0.4, -0.2) is 20.8 Å². The van der Waals surface area contributed by atoms with Crippen molar-refractivity contribution in [2.24, 2.45) is 5.73 Å². The van der Waals surface area contributed by atoms with Crippen molar-refractivity contribution in [2.75, 3.05) is 20.8 Å². The molecule has 0 aliphatic carbocycles. The maximum atomic E-state index is 6.43. The van der Waals surface area contributed by atoms with Crippen LogP contribution in [-0.2, 0) is 6.42 Å². The monoisotopic (exact) mass is 285 g/mol. The number of benzene rings is 2. The number of hydrogen-bond acceptors (Lipinski definition) is 4. The van der Waals surface area contributed by atoms with Crippen molar-refractivity contribution in [2.45, 2.75) is 12.5 Å². The molecule has 2 aromatic carbocycles. The standard InChI is InChI=1S/C17H19NO3/c1-19-13-4-6-16(20-2)14(10-13)17(18)12-3-5-15-11(9-12)7-8-21-15/h3-6,9-10,17H,7-8,18H2,1-2H3. The van der Waals surface area contributed by atoms with Gasteiger partial charge in [0.05, 0.1) is 26.9 Å². The Hall–Kier alpha value is -2.20. The average molecular weight is 285 g/mol. The molecular formula is C17H19NO3. The van der Waals surface area contributed by atoms with E-state index in [4.69, 9.17) is 19.9 Å². The van der Waals surface area contributed by atoms with E-state index in [1.165, 1.54) is 5.56 Å². The summed E-state index contributed by atoms with van der Waals surface area (Å²) < 4.78 is 16.2. The molecule has 110 valence electrons. The van der Waals surface area contributed by atoms with Crippen LogP contribution in [0.4, 0.5) is 0 Å². The first-order valence-electron chi connectivity index (χ1n) is 6.96. The molecule has 1 aliphatic rings. The highest BCUT2D eigenvalue weighted by atomic mass is 16.5. The second-order valence-electron chi connectivity index (χ2n) is 5.05. The highest BCUT2D eigenvalue weighted by Crippen LogP contribution is 2.34. The Morgan fingerprint density at radius 1 is 1.10 bits per heavy atom. The fourth-order valence-electron chi connectivity index (χ4n) is 2.66. The van der Waals surface area contributed by atoms with Crippen LogP contribution < -0.4 is 19.9 Å². The number of methoxy groups -OCH3 is 2. The van der Waals surface area contributed by atoms with Gasteiger partial charge in [-0.3, -0.25) is 0 Å². The zero-order valence-corrected chi connectivity index (χ0v) is 12.3. The van der Waals surface area contributed by atoms with Crippen LogP contribution in [0.5, 0.6) is 17.2 Å². The number of nitrogens with two attached hydrogens (primary N) is 1. The second kappa shape index (κ2) is 5.66. The molecule has 2 N–H and O–H groups in total. The summed E-state index contributed by atoms with van der Waals surface area (Å²) in [6.07, 6.45) is 0.936. The molecule has 2 aromatic rings. The van der Waals surface area contributed by atoms with Crippen molar-refractivity contribution in [1.29, 1.82) is 0 Å². The van der Waals surface area contributed by atoms with Crippen LogP contribution >= 0.6 is 0 Å². The third-order valence-electron chi connectivity index (χ3n) is 3.84. The molecule has 3 rings (SSSR count). The van der Waals surface area contributed by atoms with Crippen molar-refractivity contribution in [3.63, 3.8) is 0 Å². The number of fused-ring (bicyclic) bond motifs is 1. The first kappa shape index (κ1) is 13.8. The molecule has 0 amide bonds. The predicted molar refractivity (Wildman–Crippen MR) is 81.2 cm³/mol. The van der Waals surface area contributed by atoms with Crippen LogP contribution in [0.3, 0.4) is 0 Å². The van der Waals surface area contributed by atoms with E-state index in [-0.39, 0.29) is 6.04 Å². The lowest BCUT2D eigenvalue weighted by atomic mass is 9.96. The summed E-state index contributed by atoms with van der Waals surface area (Å²) in [5.41, 5.74) is 9.61. The molecule has 1 aliphatic heterocycles. The van der Waals surface area contributed by atoms with Crippen molar-refractivity contribution < 1.29 is 14.2 Å². The van der Waals surface area contributed by atoms with Gasteiger partial charge in [-0.2, -0.15) is 0 Å². The van der Waals surface area contributed by atoms with E-state index in [2.05, 4.69) is 6.07 Å². The summed E-state index contributed by atoms with van der Waals surface area (Å²) >= 11 is 0. The minimum Gasteiger partial charge on any atom is -0.497 e. The third kappa shape index (κ3) is 2.54. The van der Waals surface area contributed by atoms with Gasteiger partial charge in [-0.25, -0.2) is 0 Å². The van der Waals surface area contributed by atoms with Gasteiger partial charge in [-0.1, -0.05) is 12.1 Å². The lowest BCUT2D eigenvalue weighted by molar-refractivity contribution is 0.357. The van der Waals surface area contributed by atoms with Crippen LogP contribution in [0.1, 0.15) is 22.7 Å². The molecule has 1 unspecified atom stereocenters. The summed E-state index contributed by atoms with van der Waals surface area (Å²) in [6.45, 7) is 0.747. The minimum absolute atomic E-state index is 0.263.